The van der Waals surface area contributed by atoms with Gasteiger partial charge in [0.05, 0.1) is 15.9 Å². The maximum absolute atomic E-state index is 13.3. The Labute approximate surface area is 177 Å². The summed E-state index contributed by atoms with van der Waals surface area (Å²) in [5, 5.41) is 18.4. The molecule has 0 spiro atoms. The van der Waals surface area contributed by atoms with E-state index >= 15 is 0 Å². The molecule has 4 rings (SSSR count). The predicted molar refractivity (Wildman–Crippen MR) is 115 cm³/mol. The zero-order valence-electron chi connectivity index (χ0n) is 16.1. The first-order valence-corrected chi connectivity index (χ1v) is 9.88. The Morgan fingerprint density at radius 3 is 2.87 bits per heavy atom. The maximum Gasteiger partial charge on any atom is 0.281 e. The number of nitriles is 1. The summed E-state index contributed by atoms with van der Waals surface area (Å²) < 4.78 is 1.62. The lowest BCUT2D eigenvalue weighted by atomic mass is 10.2. The third-order valence-corrected chi connectivity index (χ3v) is 5.21. The first-order valence-electron chi connectivity index (χ1n) is 9.50. The molecule has 154 valence electrons. The van der Waals surface area contributed by atoms with Crippen LogP contribution in [0.3, 0.4) is 0 Å². The molecule has 0 radical (unpaired) electrons. The molecule has 1 aliphatic rings. The fourth-order valence-electron chi connectivity index (χ4n) is 3.47. The maximum atomic E-state index is 13.3. The summed E-state index contributed by atoms with van der Waals surface area (Å²) in [5.41, 5.74) is 6.29. The van der Waals surface area contributed by atoms with Crippen LogP contribution in [-0.2, 0) is 6.42 Å². The highest BCUT2D eigenvalue weighted by atomic mass is 35.5. The molecule has 0 bridgehead atoms. The van der Waals surface area contributed by atoms with Crippen molar-refractivity contribution in [3.8, 4) is 6.07 Å². The lowest BCUT2D eigenvalue weighted by molar-refractivity contribution is 0.467. The molecule has 10 nitrogen and oxygen atoms in total. The number of nitrogens with zero attached hydrogens (tertiary/aromatic N) is 6. The van der Waals surface area contributed by atoms with Gasteiger partial charge in [0.25, 0.3) is 5.56 Å². The Kier molecular flexibility index (Phi) is 5.65. The van der Waals surface area contributed by atoms with E-state index in [9.17, 15) is 10.1 Å². The first-order chi connectivity index (χ1) is 14.6. The normalized spacial score (nSPS) is 13.9. The molecule has 1 saturated heterocycles. The van der Waals surface area contributed by atoms with Crippen molar-refractivity contribution in [3.63, 3.8) is 0 Å². The van der Waals surface area contributed by atoms with Gasteiger partial charge in [0.1, 0.15) is 35.4 Å². The Morgan fingerprint density at radius 2 is 2.10 bits per heavy atom. The van der Waals surface area contributed by atoms with Crippen molar-refractivity contribution >= 4 is 34.1 Å². The second kappa shape index (κ2) is 8.52. The molecule has 0 unspecified atom stereocenters. The molecule has 1 aromatic carbocycles. The molecule has 0 saturated carbocycles. The van der Waals surface area contributed by atoms with Crippen molar-refractivity contribution in [1.82, 2.24) is 24.9 Å². The minimum absolute atomic E-state index is 0.117. The minimum atomic E-state index is -0.188. The average Bonchev–Trinajstić information content (AvgIpc) is 2.74. The number of benzene rings is 1. The number of piperazine rings is 1. The molecule has 1 aliphatic heterocycles. The lowest BCUT2D eigenvalue weighted by Gasteiger charge is -2.32. The standard InChI is InChI=1S/C19H20ClN9O/c20-13-2-1-3-14-16(13)19(30)29(28-8-6-23-7-9-28)15(27-14)4-5-24-18-12(10-21)17(22)25-11-26-18/h1-3,11,23H,4-9H2,(H3,22,24,25,26). The lowest BCUT2D eigenvalue weighted by Crippen LogP contribution is -2.54. The van der Waals surface area contributed by atoms with Gasteiger partial charge in [0.15, 0.2) is 0 Å². The number of hydrogen-bond donors (Lipinski definition) is 3. The van der Waals surface area contributed by atoms with Crippen LogP contribution >= 0.6 is 11.6 Å². The van der Waals surface area contributed by atoms with E-state index in [0.29, 0.717) is 53.6 Å². The van der Waals surface area contributed by atoms with E-state index in [4.69, 9.17) is 22.3 Å². The monoisotopic (exact) mass is 425 g/mol. The molecule has 0 aliphatic carbocycles. The molecule has 11 heteroatoms. The largest absolute Gasteiger partial charge is 0.382 e. The molecular weight excluding hydrogens is 406 g/mol. The number of anilines is 2. The second-order valence-electron chi connectivity index (χ2n) is 6.75. The van der Waals surface area contributed by atoms with Crippen LogP contribution in [0.5, 0.6) is 0 Å². The number of nitrogens with one attached hydrogen (secondary N) is 2. The predicted octanol–water partition coefficient (Wildman–Crippen LogP) is 0.490. The van der Waals surface area contributed by atoms with Crippen molar-refractivity contribution < 1.29 is 0 Å². The topological polar surface area (TPSA) is 138 Å². The van der Waals surface area contributed by atoms with Gasteiger partial charge in [-0.25, -0.2) is 19.6 Å². The van der Waals surface area contributed by atoms with Crippen molar-refractivity contribution in [1.29, 1.82) is 5.26 Å². The highest BCUT2D eigenvalue weighted by molar-refractivity contribution is 6.35. The number of halogens is 1. The number of fused-ring (bicyclic) bond motifs is 1. The van der Waals surface area contributed by atoms with E-state index in [1.165, 1.54) is 6.33 Å². The van der Waals surface area contributed by atoms with Crippen molar-refractivity contribution in [2.24, 2.45) is 0 Å². The molecule has 3 aromatic rings. The van der Waals surface area contributed by atoms with E-state index in [2.05, 4.69) is 20.6 Å². The van der Waals surface area contributed by atoms with Crippen LogP contribution in [0.1, 0.15) is 11.4 Å². The Hall–Kier alpha value is -3.42. The highest BCUT2D eigenvalue weighted by Crippen LogP contribution is 2.20. The van der Waals surface area contributed by atoms with Gasteiger partial charge in [-0.1, -0.05) is 17.7 Å². The molecular formula is C19H20ClN9O. The zero-order chi connectivity index (χ0) is 21.1. The number of nitrogens with two attached hydrogens (primary N) is 1. The number of hydrogen-bond acceptors (Lipinski definition) is 9. The zero-order valence-corrected chi connectivity index (χ0v) is 16.9. The quantitative estimate of drug-likeness (QED) is 0.533. The van der Waals surface area contributed by atoms with Gasteiger partial charge < -0.3 is 21.4 Å². The summed E-state index contributed by atoms with van der Waals surface area (Å²) in [6, 6.07) is 7.25. The summed E-state index contributed by atoms with van der Waals surface area (Å²) >= 11 is 6.30. The Morgan fingerprint density at radius 1 is 1.30 bits per heavy atom. The van der Waals surface area contributed by atoms with Gasteiger partial charge in [0.2, 0.25) is 0 Å². The highest BCUT2D eigenvalue weighted by Gasteiger charge is 2.20. The van der Waals surface area contributed by atoms with Crippen molar-refractivity contribution in [2.45, 2.75) is 6.42 Å². The Balaban J connectivity index is 1.68. The number of rotatable bonds is 5. The van der Waals surface area contributed by atoms with Crippen molar-refractivity contribution in [2.75, 3.05) is 48.8 Å². The Bertz CT molecular complexity index is 1180. The molecule has 3 heterocycles. The van der Waals surface area contributed by atoms with Gasteiger partial charge in [-0.05, 0) is 12.1 Å². The third kappa shape index (κ3) is 3.72. The fourth-order valence-corrected chi connectivity index (χ4v) is 3.72. The van der Waals surface area contributed by atoms with Gasteiger partial charge in [0, 0.05) is 39.1 Å². The fraction of sp³-hybridized carbons (Fsp3) is 0.316. The van der Waals surface area contributed by atoms with Gasteiger partial charge in [-0.2, -0.15) is 5.26 Å². The van der Waals surface area contributed by atoms with E-state index < -0.39 is 0 Å². The van der Waals surface area contributed by atoms with E-state index in [-0.39, 0.29) is 16.9 Å². The molecule has 0 amide bonds. The molecule has 4 N–H and O–H groups in total. The van der Waals surface area contributed by atoms with Crippen LogP contribution in [0.15, 0.2) is 29.3 Å². The SMILES string of the molecule is N#Cc1c(N)ncnc1NCCc1nc2cccc(Cl)c2c(=O)n1N1CCNCC1. The van der Waals surface area contributed by atoms with Crippen LogP contribution in [-0.4, -0.2) is 52.4 Å². The summed E-state index contributed by atoms with van der Waals surface area (Å²) in [4.78, 5) is 26.0. The number of aromatic nitrogens is 4. The van der Waals surface area contributed by atoms with E-state index in [1.807, 2.05) is 11.1 Å². The summed E-state index contributed by atoms with van der Waals surface area (Å²) in [6.45, 7) is 3.31. The minimum Gasteiger partial charge on any atom is -0.382 e. The van der Waals surface area contributed by atoms with Gasteiger partial charge >= 0.3 is 0 Å². The van der Waals surface area contributed by atoms with Crippen LogP contribution in [0, 0.1) is 11.3 Å². The van der Waals surface area contributed by atoms with E-state index in [1.54, 1.807) is 22.9 Å². The average molecular weight is 426 g/mol. The second-order valence-corrected chi connectivity index (χ2v) is 7.16. The first kappa shape index (κ1) is 19.9. The summed E-state index contributed by atoms with van der Waals surface area (Å²) in [5.74, 6) is 1.07. The van der Waals surface area contributed by atoms with Crippen LogP contribution in [0.25, 0.3) is 10.9 Å². The summed E-state index contributed by atoms with van der Waals surface area (Å²) in [7, 11) is 0. The summed E-state index contributed by atoms with van der Waals surface area (Å²) in [6.07, 6.45) is 1.72. The molecule has 0 atom stereocenters. The number of nitrogen functional groups attached to an aromatic ring is 1. The molecule has 30 heavy (non-hydrogen) atoms. The van der Waals surface area contributed by atoms with Gasteiger partial charge in [-0.3, -0.25) is 4.79 Å². The molecule has 2 aromatic heterocycles. The smallest absolute Gasteiger partial charge is 0.281 e. The van der Waals surface area contributed by atoms with Crippen molar-refractivity contribution in [3.05, 3.63) is 51.3 Å². The van der Waals surface area contributed by atoms with Crippen LogP contribution in [0.4, 0.5) is 11.6 Å². The van der Waals surface area contributed by atoms with Crippen LogP contribution < -0.4 is 26.9 Å². The van der Waals surface area contributed by atoms with Crippen LogP contribution in [0.2, 0.25) is 5.02 Å². The van der Waals surface area contributed by atoms with Gasteiger partial charge in [-0.15, -0.1) is 0 Å². The van der Waals surface area contributed by atoms with E-state index in [0.717, 1.165) is 13.1 Å². The third-order valence-electron chi connectivity index (χ3n) is 4.90. The molecule has 1 fully saturated rings.